The maximum atomic E-state index is 5.39. The minimum absolute atomic E-state index is 0.851. The lowest BCUT2D eigenvalue weighted by Gasteiger charge is -2.20. The quantitative estimate of drug-likeness (QED) is 0.123. The summed E-state index contributed by atoms with van der Waals surface area (Å²) in [7, 11) is 0. The molecule has 0 saturated carbocycles. The van der Waals surface area contributed by atoms with Crippen LogP contribution in [-0.4, -0.2) is 9.97 Å². The van der Waals surface area contributed by atoms with Crippen LogP contribution in [0.15, 0.2) is 279 Å². The van der Waals surface area contributed by atoms with E-state index in [4.69, 9.17) is 9.97 Å². The molecule has 2 heteroatoms. The molecule has 1 heterocycles. The second kappa shape index (κ2) is 17.7. The van der Waals surface area contributed by atoms with E-state index in [1.165, 1.54) is 120 Å². The van der Waals surface area contributed by atoms with E-state index in [0.717, 1.165) is 44.7 Å². The molecular weight excluding hydrogens is 941 g/mol. The maximum Gasteiger partial charge on any atom is 0.0973 e. The first-order valence-electron chi connectivity index (χ1n) is 26.9. The predicted molar refractivity (Wildman–Crippen MR) is 332 cm³/mol. The third-order valence-electron chi connectivity index (χ3n) is 16.4. The molecular formula is C76H46N2. The van der Waals surface area contributed by atoms with E-state index in [2.05, 4.69) is 267 Å². The minimum Gasteiger partial charge on any atom is -0.244 e. The molecule has 16 aromatic rings. The highest BCUT2D eigenvalue weighted by molar-refractivity contribution is 6.27. The van der Waals surface area contributed by atoms with Gasteiger partial charge in [0.25, 0.3) is 0 Å². The minimum atomic E-state index is 0.851. The van der Waals surface area contributed by atoms with E-state index in [0.29, 0.717) is 0 Å². The lowest BCUT2D eigenvalue weighted by molar-refractivity contribution is 1.29. The summed E-state index contributed by atoms with van der Waals surface area (Å²) in [5.74, 6) is 0. The predicted octanol–water partition coefficient (Wildman–Crippen LogP) is 20.9. The average molecular weight is 987 g/mol. The van der Waals surface area contributed by atoms with Crippen molar-refractivity contribution in [3.05, 3.63) is 279 Å². The van der Waals surface area contributed by atoms with Crippen molar-refractivity contribution < 1.29 is 0 Å². The molecule has 0 aliphatic carbocycles. The van der Waals surface area contributed by atoms with Crippen molar-refractivity contribution in [2.24, 2.45) is 0 Å². The number of para-hydroxylation sites is 2. The number of fused-ring (bicyclic) bond motifs is 11. The van der Waals surface area contributed by atoms with Gasteiger partial charge in [-0.15, -0.1) is 0 Å². The number of benzene rings is 15. The molecule has 0 bridgehead atoms. The van der Waals surface area contributed by atoms with Crippen molar-refractivity contribution in [2.75, 3.05) is 0 Å². The summed E-state index contributed by atoms with van der Waals surface area (Å²) in [6.45, 7) is 0. The Hall–Kier alpha value is -10.3. The molecule has 16 rings (SSSR count). The van der Waals surface area contributed by atoms with E-state index in [9.17, 15) is 0 Å². The fourth-order valence-corrected chi connectivity index (χ4v) is 13.0. The van der Waals surface area contributed by atoms with Gasteiger partial charge in [-0.1, -0.05) is 255 Å². The fraction of sp³-hybridized carbons (Fsp3) is 0. The second-order valence-electron chi connectivity index (χ2n) is 20.6. The number of hydrogen-bond donors (Lipinski definition) is 0. The zero-order valence-electron chi connectivity index (χ0n) is 42.5. The van der Waals surface area contributed by atoms with Gasteiger partial charge in [0, 0.05) is 11.1 Å². The van der Waals surface area contributed by atoms with Crippen LogP contribution in [0.1, 0.15) is 0 Å². The molecule has 0 aliphatic heterocycles. The molecule has 0 fully saturated rings. The molecule has 0 amide bonds. The van der Waals surface area contributed by atoms with Crippen LogP contribution in [0.5, 0.6) is 0 Å². The summed E-state index contributed by atoms with van der Waals surface area (Å²) < 4.78 is 0. The second-order valence-corrected chi connectivity index (χ2v) is 20.6. The number of rotatable bonds is 6. The summed E-state index contributed by atoms with van der Waals surface area (Å²) >= 11 is 0. The van der Waals surface area contributed by atoms with Crippen LogP contribution >= 0.6 is 0 Å². The molecule has 360 valence electrons. The Labute approximate surface area is 450 Å². The van der Waals surface area contributed by atoms with Gasteiger partial charge in [0.05, 0.1) is 22.4 Å². The van der Waals surface area contributed by atoms with Crippen LogP contribution in [-0.2, 0) is 0 Å². The average Bonchev–Trinajstić information content (AvgIpc) is 3.56. The van der Waals surface area contributed by atoms with Gasteiger partial charge in [-0.05, 0) is 155 Å². The molecule has 0 radical (unpaired) electrons. The van der Waals surface area contributed by atoms with Gasteiger partial charge >= 0.3 is 0 Å². The molecule has 0 spiro atoms. The third-order valence-corrected chi connectivity index (χ3v) is 16.4. The van der Waals surface area contributed by atoms with Crippen molar-refractivity contribution in [3.8, 4) is 67.0 Å². The molecule has 78 heavy (non-hydrogen) atoms. The van der Waals surface area contributed by atoms with Crippen LogP contribution in [0, 0.1) is 0 Å². The van der Waals surface area contributed by atoms with Crippen molar-refractivity contribution in [2.45, 2.75) is 0 Å². The summed E-state index contributed by atoms with van der Waals surface area (Å²) in [6, 6.07) is 102. The first-order valence-corrected chi connectivity index (χ1v) is 26.9. The Morgan fingerprint density at radius 1 is 0.179 bits per heavy atom. The summed E-state index contributed by atoms with van der Waals surface area (Å²) in [5, 5.41) is 19.9. The zero-order valence-corrected chi connectivity index (χ0v) is 42.5. The van der Waals surface area contributed by atoms with Gasteiger partial charge in [0.2, 0.25) is 0 Å². The number of nitrogens with zero attached hydrogens (tertiary/aromatic N) is 2. The molecule has 2 nitrogen and oxygen atoms in total. The molecule has 0 atom stereocenters. The lowest BCUT2D eigenvalue weighted by Crippen LogP contribution is -1.96. The Kier molecular flexibility index (Phi) is 9.98. The van der Waals surface area contributed by atoms with Gasteiger partial charge < -0.3 is 0 Å². The van der Waals surface area contributed by atoms with Crippen LogP contribution in [0.4, 0.5) is 0 Å². The fourth-order valence-electron chi connectivity index (χ4n) is 13.0. The first-order chi connectivity index (χ1) is 38.7. The smallest absolute Gasteiger partial charge is 0.0973 e. The van der Waals surface area contributed by atoms with Crippen LogP contribution in [0.2, 0.25) is 0 Å². The molecule has 0 aliphatic rings. The van der Waals surface area contributed by atoms with E-state index < -0.39 is 0 Å². The van der Waals surface area contributed by atoms with Gasteiger partial charge in [-0.25, -0.2) is 9.97 Å². The Morgan fingerprint density at radius 2 is 0.423 bits per heavy atom. The molecule has 0 unspecified atom stereocenters. The summed E-state index contributed by atoms with van der Waals surface area (Å²) in [5.41, 5.74) is 15.2. The monoisotopic (exact) mass is 986 g/mol. The van der Waals surface area contributed by atoms with Crippen molar-refractivity contribution in [1.29, 1.82) is 0 Å². The topological polar surface area (TPSA) is 25.8 Å². The highest BCUT2D eigenvalue weighted by Gasteiger charge is 2.22. The van der Waals surface area contributed by atoms with E-state index in [1.54, 1.807) is 0 Å². The normalized spacial score (nSPS) is 11.8. The van der Waals surface area contributed by atoms with Crippen LogP contribution in [0.3, 0.4) is 0 Å². The SMILES string of the molecule is c1ccc2c(c1)cc(-c1c3ccccc3c(-c3ccc(-c4nc5ccccc5nc4-c4ccc(-c5c6ccccc6c(-c6cc7ccccc7c7ccccc67)c6ccccc56)cc4)cc3)c3ccccc13)c1ccccc12. The maximum absolute atomic E-state index is 5.39. The third kappa shape index (κ3) is 6.83. The van der Waals surface area contributed by atoms with Crippen molar-refractivity contribution in [3.63, 3.8) is 0 Å². The van der Waals surface area contributed by atoms with Gasteiger partial charge in [-0.3, -0.25) is 0 Å². The molecule has 0 saturated heterocycles. The van der Waals surface area contributed by atoms with E-state index in [-0.39, 0.29) is 0 Å². The lowest BCUT2D eigenvalue weighted by atomic mass is 9.83. The number of aromatic nitrogens is 2. The van der Waals surface area contributed by atoms with E-state index in [1.807, 2.05) is 12.1 Å². The van der Waals surface area contributed by atoms with Crippen molar-refractivity contribution in [1.82, 2.24) is 9.97 Å². The Morgan fingerprint density at radius 3 is 0.756 bits per heavy atom. The van der Waals surface area contributed by atoms with Crippen molar-refractivity contribution >= 4 is 97.2 Å². The van der Waals surface area contributed by atoms with Crippen LogP contribution < -0.4 is 0 Å². The van der Waals surface area contributed by atoms with Gasteiger partial charge in [-0.2, -0.15) is 0 Å². The van der Waals surface area contributed by atoms with Gasteiger partial charge in [0.1, 0.15) is 0 Å². The summed E-state index contributed by atoms with van der Waals surface area (Å²) in [4.78, 5) is 10.8. The molecule has 15 aromatic carbocycles. The molecule has 0 N–H and O–H groups in total. The first kappa shape index (κ1) is 44.1. The zero-order chi connectivity index (χ0) is 51.3. The Balaban J connectivity index is 0.830. The standard InChI is InChI=1S/C76H46N2/c1-3-21-53-51(19-1)45-67(57-25-7-5-23-55(53)57)73-63-31-13-9-27-59(63)71(60-28-10-14-32-64(60)73)47-37-41-49(42-38-47)75-76(78-70-36-18-17-35-69(70)77-75)50-43-39-48(40-44-50)72-61-29-11-15-33-65(61)74(66-34-16-12-30-62(66)72)68-46-52-20-2-4-22-54(52)56-24-6-8-26-58(56)68/h1-46H. The van der Waals surface area contributed by atoms with E-state index >= 15 is 0 Å². The Bertz CT molecular complexity index is 4690. The number of hydrogen-bond acceptors (Lipinski definition) is 2. The highest BCUT2D eigenvalue weighted by Crippen LogP contribution is 2.49. The van der Waals surface area contributed by atoms with Crippen LogP contribution in [0.25, 0.3) is 164 Å². The van der Waals surface area contributed by atoms with Gasteiger partial charge in [0.15, 0.2) is 0 Å². The highest BCUT2D eigenvalue weighted by atomic mass is 14.8. The molecule has 1 aromatic heterocycles. The summed E-state index contributed by atoms with van der Waals surface area (Å²) in [6.07, 6.45) is 0. The largest absolute Gasteiger partial charge is 0.244 e.